The molecule has 0 saturated heterocycles. The van der Waals surface area contributed by atoms with Crippen LogP contribution in [0.15, 0.2) is 71.4 Å². The Hall–Kier alpha value is -1.90. The van der Waals surface area contributed by atoms with Crippen molar-refractivity contribution in [2.75, 3.05) is 0 Å². The standard InChI is InChI=1S/C18H12S2/c1-3-7-13(8-4-1)15-11-19-18-17(15)16(12-20-18)14-9-5-2-6-10-14/h1-12H. The molecule has 20 heavy (non-hydrogen) atoms. The van der Waals surface area contributed by atoms with Gasteiger partial charge in [0.2, 0.25) is 0 Å². The molecule has 2 heteroatoms. The van der Waals surface area contributed by atoms with Crippen LogP contribution in [0.1, 0.15) is 0 Å². The molecule has 2 aromatic carbocycles. The smallest absolute Gasteiger partial charge is 0.0877 e. The predicted molar refractivity (Wildman–Crippen MR) is 90.6 cm³/mol. The van der Waals surface area contributed by atoms with Crippen LogP contribution in [-0.2, 0) is 0 Å². The number of rotatable bonds is 2. The zero-order valence-electron chi connectivity index (χ0n) is 10.7. The number of benzene rings is 2. The molecule has 0 N–H and O–H groups in total. The Morgan fingerprint density at radius 2 is 1.00 bits per heavy atom. The van der Waals surface area contributed by atoms with Gasteiger partial charge in [0, 0.05) is 27.3 Å². The van der Waals surface area contributed by atoms with Gasteiger partial charge in [0.25, 0.3) is 0 Å². The fraction of sp³-hybridized carbons (Fsp3) is 0. The van der Waals surface area contributed by atoms with Crippen LogP contribution in [0.3, 0.4) is 0 Å². The van der Waals surface area contributed by atoms with E-state index in [0.717, 1.165) is 0 Å². The first-order valence-electron chi connectivity index (χ1n) is 6.53. The van der Waals surface area contributed by atoms with Crippen molar-refractivity contribution in [3.05, 3.63) is 71.4 Å². The lowest BCUT2D eigenvalue weighted by molar-refractivity contribution is 1.67. The van der Waals surface area contributed by atoms with Crippen molar-refractivity contribution >= 4 is 32.1 Å². The summed E-state index contributed by atoms with van der Waals surface area (Å²) in [4.78, 5) is 0. The van der Waals surface area contributed by atoms with E-state index in [9.17, 15) is 0 Å². The van der Waals surface area contributed by atoms with Crippen molar-refractivity contribution in [3.8, 4) is 22.3 Å². The molecule has 0 bridgehead atoms. The lowest BCUT2D eigenvalue weighted by atomic mass is 10.0. The van der Waals surface area contributed by atoms with Crippen molar-refractivity contribution in [2.45, 2.75) is 0 Å². The zero-order valence-corrected chi connectivity index (χ0v) is 12.4. The van der Waals surface area contributed by atoms with E-state index in [2.05, 4.69) is 71.4 Å². The summed E-state index contributed by atoms with van der Waals surface area (Å²) in [6.45, 7) is 0. The predicted octanol–water partition coefficient (Wildman–Crippen LogP) is 6.30. The van der Waals surface area contributed by atoms with Crippen LogP contribution in [0.2, 0.25) is 0 Å². The van der Waals surface area contributed by atoms with Gasteiger partial charge in [-0.3, -0.25) is 0 Å². The van der Waals surface area contributed by atoms with Crippen molar-refractivity contribution < 1.29 is 0 Å². The van der Waals surface area contributed by atoms with E-state index in [1.165, 1.54) is 31.7 Å². The molecule has 2 heterocycles. The van der Waals surface area contributed by atoms with Crippen LogP contribution in [0.4, 0.5) is 0 Å². The van der Waals surface area contributed by atoms with Gasteiger partial charge in [-0.25, -0.2) is 0 Å². The first-order chi connectivity index (χ1) is 9.93. The van der Waals surface area contributed by atoms with Crippen LogP contribution >= 0.6 is 22.7 Å². The highest BCUT2D eigenvalue weighted by molar-refractivity contribution is 7.37. The molecule has 0 unspecified atom stereocenters. The number of fused-ring (bicyclic) bond motifs is 1. The molecule has 0 spiro atoms. The largest absolute Gasteiger partial charge is 0.132 e. The first kappa shape index (κ1) is 11.9. The molecule has 4 aromatic rings. The minimum atomic E-state index is 1.30. The molecule has 0 aliphatic carbocycles. The quantitative estimate of drug-likeness (QED) is 0.407. The Morgan fingerprint density at radius 1 is 0.550 bits per heavy atom. The van der Waals surface area contributed by atoms with Gasteiger partial charge in [0.05, 0.1) is 4.01 Å². The van der Waals surface area contributed by atoms with Crippen LogP contribution in [0, 0.1) is 0 Å². The monoisotopic (exact) mass is 292 g/mol. The summed E-state index contributed by atoms with van der Waals surface area (Å²) in [6.07, 6.45) is 0. The van der Waals surface area contributed by atoms with Crippen molar-refractivity contribution in [1.29, 1.82) is 0 Å². The van der Waals surface area contributed by atoms with Gasteiger partial charge in [-0.2, -0.15) is 0 Å². The van der Waals surface area contributed by atoms with Crippen LogP contribution < -0.4 is 0 Å². The maximum Gasteiger partial charge on any atom is 0.0877 e. The highest BCUT2D eigenvalue weighted by Crippen LogP contribution is 2.43. The molecule has 0 aliphatic rings. The normalized spacial score (nSPS) is 11.0. The number of thiophene rings is 2. The molecule has 0 saturated carbocycles. The summed E-state index contributed by atoms with van der Waals surface area (Å²) < 4.78 is 1.41. The fourth-order valence-electron chi connectivity index (χ4n) is 2.51. The Labute approximate surface area is 126 Å². The molecule has 0 atom stereocenters. The maximum absolute atomic E-state index is 2.28. The van der Waals surface area contributed by atoms with Gasteiger partial charge in [0.1, 0.15) is 0 Å². The van der Waals surface area contributed by atoms with E-state index >= 15 is 0 Å². The molecular weight excluding hydrogens is 280 g/mol. The molecule has 0 fully saturated rings. The second-order valence-corrected chi connectivity index (χ2v) is 6.71. The summed E-state index contributed by atoms with van der Waals surface area (Å²) in [6, 6.07) is 21.3. The highest BCUT2D eigenvalue weighted by Gasteiger charge is 2.13. The SMILES string of the molecule is c1ccc(-c2csc3scc(-c4ccccc4)c23)cc1. The van der Waals surface area contributed by atoms with Crippen molar-refractivity contribution in [1.82, 2.24) is 0 Å². The Morgan fingerprint density at radius 3 is 1.45 bits per heavy atom. The van der Waals surface area contributed by atoms with E-state index < -0.39 is 0 Å². The third-order valence-electron chi connectivity index (χ3n) is 3.48. The second-order valence-electron chi connectivity index (χ2n) is 4.69. The minimum Gasteiger partial charge on any atom is -0.132 e. The van der Waals surface area contributed by atoms with Gasteiger partial charge in [-0.15, -0.1) is 22.7 Å². The van der Waals surface area contributed by atoms with E-state index in [-0.39, 0.29) is 0 Å². The zero-order chi connectivity index (χ0) is 13.4. The topological polar surface area (TPSA) is 0 Å². The molecule has 4 rings (SSSR count). The first-order valence-corrected chi connectivity index (χ1v) is 8.29. The molecular formula is C18H12S2. The summed E-state index contributed by atoms with van der Waals surface area (Å²) in [7, 11) is 0. The lowest BCUT2D eigenvalue weighted by Gasteiger charge is -2.02. The van der Waals surface area contributed by atoms with Gasteiger partial charge < -0.3 is 0 Å². The van der Waals surface area contributed by atoms with E-state index in [0.29, 0.717) is 0 Å². The summed E-state index contributed by atoms with van der Waals surface area (Å²) in [5, 5.41) is 5.96. The molecule has 0 amide bonds. The Bertz CT molecular complexity index is 770. The average molecular weight is 292 g/mol. The molecule has 2 aromatic heterocycles. The molecule has 96 valence electrons. The number of hydrogen-bond acceptors (Lipinski definition) is 2. The second kappa shape index (κ2) is 4.89. The molecule has 0 radical (unpaired) electrons. The molecule has 0 aliphatic heterocycles. The Balaban J connectivity index is 1.99. The van der Waals surface area contributed by atoms with E-state index in [1.807, 2.05) is 22.7 Å². The number of hydrogen-bond donors (Lipinski definition) is 0. The third-order valence-corrected chi connectivity index (χ3v) is 5.60. The fourth-order valence-corrected chi connectivity index (χ4v) is 4.66. The van der Waals surface area contributed by atoms with E-state index in [4.69, 9.17) is 0 Å². The summed E-state index contributed by atoms with van der Waals surface area (Å²) in [5.41, 5.74) is 5.31. The lowest BCUT2D eigenvalue weighted by Crippen LogP contribution is -1.77. The van der Waals surface area contributed by atoms with Crippen LogP contribution in [0.25, 0.3) is 31.7 Å². The van der Waals surface area contributed by atoms with E-state index in [1.54, 1.807) is 0 Å². The highest BCUT2D eigenvalue weighted by atomic mass is 32.2. The van der Waals surface area contributed by atoms with Gasteiger partial charge >= 0.3 is 0 Å². The Kier molecular flexibility index (Phi) is 2.91. The van der Waals surface area contributed by atoms with Crippen molar-refractivity contribution in [2.24, 2.45) is 0 Å². The van der Waals surface area contributed by atoms with Gasteiger partial charge in [-0.05, 0) is 11.1 Å². The van der Waals surface area contributed by atoms with Crippen LogP contribution in [-0.4, -0.2) is 0 Å². The summed E-state index contributed by atoms with van der Waals surface area (Å²) in [5.74, 6) is 0. The summed E-state index contributed by atoms with van der Waals surface area (Å²) >= 11 is 3.69. The van der Waals surface area contributed by atoms with Gasteiger partial charge in [0.15, 0.2) is 0 Å². The minimum absolute atomic E-state index is 1.30. The maximum atomic E-state index is 2.28. The average Bonchev–Trinajstić information content (AvgIpc) is 3.10. The van der Waals surface area contributed by atoms with Gasteiger partial charge in [-0.1, -0.05) is 60.7 Å². The van der Waals surface area contributed by atoms with Crippen LogP contribution in [0.5, 0.6) is 0 Å². The van der Waals surface area contributed by atoms with Crippen molar-refractivity contribution in [3.63, 3.8) is 0 Å². The third kappa shape index (κ3) is 1.89. The molecule has 0 nitrogen and oxygen atoms in total.